The van der Waals surface area contributed by atoms with Crippen molar-refractivity contribution in [2.45, 2.75) is 45.2 Å². The Kier molecular flexibility index (Phi) is 9.68. The lowest BCUT2D eigenvalue weighted by molar-refractivity contribution is -0.385. The van der Waals surface area contributed by atoms with Gasteiger partial charge < -0.3 is 10.2 Å². The minimum absolute atomic E-state index is 0.148. The minimum Gasteiger partial charge on any atom is -0.354 e. The summed E-state index contributed by atoms with van der Waals surface area (Å²) in [6.45, 7) is 2.31. The van der Waals surface area contributed by atoms with E-state index in [2.05, 4.69) is 5.32 Å². The molecular weight excluding hydrogens is 461 g/mol. The predicted octanol–water partition coefficient (Wildman–Crippen LogP) is 4.83. The molecule has 7 nitrogen and oxygen atoms in total. The molecule has 0 saturated heterocycles. The number of unbranched alkanes of at least 4 members (excludes halogenated alkanes) is 1. The van der Waals surface area contributed by atoms with Gasteiger partial charge in [0, 0.05) is 36.7 Å². The van der Waals surface area contributed by atoms with E-state index in [4.69, 9.17) is 0 Å². The van der Waals surface area contributed by atoms with E-state index in [1.165, 1.54) is 29.2 Å². The smallest absolute Gasteiger partial charge is 0.273 e. The van der Waals surface area contributed by atoms with Crippen molar-refractivity contribution in [3.63, 3.8) is 0 Å². The van der Waals surface area contributed by atoms with Crippen LogP contribution in [0, 0.1) is 15.9 Å². The van der Waals surface area contributed by atoms with Crippen LogP contribution in [0.1, 0.15) is 36.5 Å². The van der Waals surface area contributed by atoms with Crippen molar-refractivity contribution in [1.29, 1.82) is 0 Å². The van der Waals surface area contributed by atoms with Gasteiger partial charge in [-0.15, -0.1) is 0 Å². The van der Waals surface area contributed by atoms with E-state index >= 15 is 0 Å². The van der Waals surface area contributed by atoms with Gasteiger partial charge >= 0.3 is 0 Å². The molecule has 0 fully saturated rings. The number of rotatable bonds is 12. The van der Waals surface area contributed by atoms with E-state index in [0.29, 0.717) is 6.54 Å². The summed E-state index contributed by atoms with van der Waals surface area (Å²) < 4.78 is 14.6. The highest BCUT2D eigenvalue weighted by Crippen LogP contribution is 2.22. The first-order valence-corrected chi connectivity index (χ1v) is 12.0. The molecule has 8 heteroatoms. The number of benzene rings is 3. The Hall–Kier alpha value is -4.07. The van der Waals surface area contributed by atoms with Crippen LogP contribution in [0.15, 0.2) is 78.9 Å². The number of amides is 2. The van der Waals surface area contributed by atoms with E-state index < -0.39 is 22.7 Å². The molecule has 3 aromatic carbocycles. The second-order valence-electron chi connectivity index (χ2n) is 8.53. The Labute approximate surface area is 210 Å². The fourth-order valence-electron chi connectivity index (χ4n) is 3.97. The Morgan fingerprint density at radius 2 is 1.61 bits per heavy atom. The summed E-state index contributed by atoms with van der Waals surface area (Å²) in [4.78, 5) is 39.3. The van der Waals surface area contributed by atoms with Crippen LogP contribution < -0.4 is 5.32 Å². The van der Waals surface area contributed by atoms with Crippen molar-refractivity contribution in [2.75, 3.05) is 6.54 Å². The molecule has 3 rings (SSSR count). The predicted molar refractivity (Wildman–Crippen MR) is 136 cm³/mol. The van der Waals surface area contributed by atoms with E-state index in [1.54, 1.807) is 24.3 Å². The molecule has 0 radical (unpaired) electrons. The average molecular weight is 492 g/mol. The van der Waals surface area contributed by atoms with Gasteiger partial charge in [-0.3, -0.25) is 19.7 Å². The number of nitro groups is 1. The summed E-state index contributed by atoms with van der Waals surface area (Å²) in [7, 11) is 0. The third kappa shape index (κ3) is 7.21. The third-order valence-corrected chi connectivity index (χ3v) is 5.93. The second-order valence-corrected chi connectivity index (χ2v) is 8.53. The molecule has 0 bridgehead atoms. The van der Waals surface area contributed by atoms with Crippen molar-refractivity contribution in [1.82, 2.24) is 10.2 Å². The van der Waals surface area contributed by atoms with Crippen molar-refractivity contribution in [3.05, 3.63) is 111 Å². The highest BCUT2D eigenvalue weighted by Gasteiger charge is 2.31. The summed E-state index contributed by atoms with van der Waals surface area (Å²) in [5.41, 5.74) is 1.15. The molecule has 0 aromatic heterocycles. The fourth-order valence-corrected chi connectivity index (χ4v) is 3.97. The van der Waals surface area contributed by atoms with E-state index in [9.17, 15) is 24.1 Å². The number of carbonyl (C=O) groups is 2. The first-order chi connectivity index (χ1) is 17.4. The maximum absolute atomic E-state index is 14.6. The van der Waals surface area contributed by atoms with Gasteiger partial charge in [0.2, 0.25) is 11.8 Å². The molecule has 0 heterocycles. The van der Waals surface area contributed by atoms with Crippen LogP contribution in [0.25, 0.3) is 0 Å². The van der Waals surface area contributed by atoms with Gasteiger partial charge in [0.25, 0.3) is 5.69 Å². The first kappa shape index (κ1) is 26.5. The zero-order chi connectivity index (χ0) is 25.9. The van der Waals surface area contributed by atoms with Crippen LogP contribution in [-0.4, -0.2) is 34.2 Å². The molecule has 0 unspecified atom stereocenters. The summed E-state index contributed by atoms with van der Waals surface area (Å²) in [5.74, 6) is -1.34. The summed E-state index contributed by atoms with van der Waals surface area (Å²) in [6, 6.07) is 20.4. The quantitative estimate of drug-likeness (QED) is 0.223. The lowest BCUT2D eigenvalue weighted by Crippen LogP contribution is -2.51. The van der Waals surface area contributed by atoms with Crippen molar-refractivity contribution in [3.8, 4) is 0 Å². The lowest BCUT2D eigenvalue weighted by atomic mass is 10.0. The Morgan fingerprint density at radius 1 is 0.972 bits per heavy atom. The van der Waals surface area contributed by atoms with Crippen molar-refractivity contribution in [2.24, 2.45) is 0 Å². The monoisotopic (exact) mass is 491 g/mol. The lowest BCUT2D eigenvalue weighted by Gasteiger charge is -2.31. The summed E-state index contributed by atoms with van der Waals surface area (Å²) >= 11 is 0. The van der Waals surface area contributed by atoms with E-state index in [1.807, 2.05) is 37.3 Å². The van der Waals surface area contributed by atoms with Crippen LogP contribution in [0.3, 0.4) is 0 Å². The minimum atomic E-state index is -0.931. The molecule has 0 saturated carbocycles. The molecule has 36 heavy (non-hydrogen) atoms. The van der Waals surface area contributed by atoms with Gasteiger partial charge in [0.15, 0.2) is 0 Å². The molecule has 0 aliphatic carbocycles. The molecule has 0 spiro atoms. The van der Waals surface area contributed by atoms with Gasteiger partial charge in [-0.1, -0.05) is 80.1 Å². The topological polar surface area (TPSA) is 92.6 Å². The third-order valence-electron chi connectivity index (χ3n) is 5.93. The number of nitrogens with zero attached hydrogens (tertiary/aromatic N) is 2. The number of hydrogen-bond acceptors (Lipinski definition) is 4. The zero-order valence-electron chi connectivity index (χ0n) is 20.2. The van der Waals surface area contributed by atoms with Gasteiger partial charge in [0.1, 0.15) is 11.9 Å². The van der Waals surface area contributed by atoms with Crippen LogP contribution in [0.2, 0.25) is 0 Å². The Bertz CT molecular complexity index is 1190. The van der Waals surface area contributed by atoms with Gasteiger partial charge in [0.05, 0.1) is 11.3 Å². The first-order valence-electron chi connectivity index (χ1n) is 12.0. The number of nitrogens with one attached hydrogen (secondary N) is 1. The molecule has 0 aliphatic rings. The normalized spacial score (nSPS) is 11.5. The number of hydrogen-bond donors (Lipinski definition) is 1. The van der Waals surface area contributed by atoms with Gasteiger partial charge in [-0.25, -0.2) is 4.39 Å². The zero-order valence-corrected chi connectivity index (χ0v) is 20.2. The molecule has 1 N–H and O–H groups in total. The van der Waals surface area contributed by atoms with Crippen molar-refractivity contribution < 1.29 is 18.9 Å². The highest BCUT2D eigenvalue weighted by atomic mass is 19.1. The molecule has 0 aliphatic heterocycles. The van der Waals surface area contributed by atoms with Gasteiger partial charge in [-0.2, -0.15) is 0 Å². The second kappa shape index (κ2) is 13.1. The molecule has 2 amide bonds. The highest BCUT2D eigenvalue weighted by molar-refractivity contribution is 5.89. The molecule has 3 aromatic rings. The van der Waals surface area contributed by atoms with Crippen LogP contribution in [-0.2, 0) is 29.0 Å². The fraction of sp³-hybridized carbons (Fsp3) is 0.286. The number of nitro benzene ring substituents is 1. The summed E-state index contributed by atoms with van der Waals surface area (Å²) in [6.07, 6.45) is 1.59. The van der Waals surface area contributed by atoms with Crippen LogP contribution >= 0.6 is 0 Å². The average Bonchev–Trinajstić information content (AvgIpc) is 2.88. The number of halogens is 1. The summed E-state index contributed by atoms with van der Waals surface area (Å²) in [5, 5.41) is 14.4. The SMILES string of the molecule is CCCCNC(=O)[C@H](Cc1ccccc1)N(Cc1ccccc1F)C(=O)Cc1ccccc1[N+](=O)[O-]. The van der Waals surface area contributed by atoms with E-state index in [0.717, 1.165) is 18.4 Å². The van der Waals surface area contributed by atoms with Gasteiger partial charge in [-0.05, 0) is 18.1 Å². The van der Waals surface area contributed by atoms with Crippen molar-refractivity contribution >= 4 is 17.5 Å². The Morgan fingerprint density at radius 3 is 2.28 bits per heavy atom. The molecule has 188 valence electrons. The maximum Gasteiger partial charge on any atom is 0.273 e. The van der Waals surface area contributed by atoms with E-state index in [-0.39, 0.29) is 42.1 Å². The molecular formula is C28H30FN3O4. The number of carbonyl (C=O) groups excluding carboxylic acids is 2. The molecule has 1 atom stereocenters. The maximum atomic E-state index is 14.6. The Balaban J connectivity index is 2.00. The van der Waals surface area contributed by atoms with Crippen LogP contribution in [0.5, 0.6) is 0 Å². The van der Waals surface area contributed by atoms with Crippen LogP contribution in [0.4, 0.5) is 10.1 Å². The standard InChI is InChI=1S/C28H30FN3O4/c1-2-3-17-30-28(34)26(18-21-11-5-4-6-12-21)31(20-23-14-7-9-15-24(23)29)27(33)19-22-13-8-10-16-25(22)32(35)36/h4-16,26H,2-3,17-20H2,1H3,(H,30,34)/t26-/m0/s1. The number of para-hydroxylation sites is 1. The largest absolute Gasteiger partial charge is 0.354 e.